The molecule has 0 saturated carbocycles. The molecule has 0 aliphatic heterocycles. The number of nitrogens with zero attached hydrogens (tertiary/aromatic N) is 2. The van der Waals surface area contributed by atoms with E-state index in [1.807, 2.05) is 69.3 Å². The highest BCUT2D eigenvalue weighted by Gasteiger charge is 2.32. The molecule has 2 aromatic carbocycles. The van der Waals surface area contributed by atoms with Crippen LogP contribution in [0, 0.1) is 5.41 Å². The fraction of sp³-hybridized carbons (Fsp3) is 0.238. The van der Waals surface area contributed by atoms with Crippen molar-refractivity contribution in [3.05, 3.63) is 72.3 Å². The van der Waals surface area contributed by atoms with E-state index in [1.54, 1.807) is 23.3 Å². The Kier molecular flexibility index (Phi) is 5.14. The Hall–Kier alpha value is -2.59. The van der Waals surface area contributed by atoms with Crippen LogP contribution in [0.4, 0.5) is 0 Å². The number of benzene rings is 2. The van der Waals surface area contributed by atoms with Gasteiger partial charge in [-0.25, -0.2) is 4.98 Å². The van der Waals surface area contributed by atoms with Gasteiger partial charge in [-0.15, -0.1) is 0 Å². The standard InChI is InChI=1S/C21H21ClN2O2/c1-21(2,3)19(25)20(24-13-12-23-14-24)26-18-10-6-16(7-11-18)15-4-8-17(22)9-5-15/h4-14,20H,1-3H3. The molecule has 1 heterocycles. The first-order chi connectivity index (χ1) is 12.3. The SMILES string of the molecule is CC(C)(C)C(=O)C(Oc1ccc(-c2ccc(Cl)cc2)cc1)n1ccnc1. The van der Waals surface area contributed by atoms with Gasteiger partial charge in [0.05, 0.1) is 6.33 Å². The molecule has 0 N–H and O–H groups in total. The van der Waals surface area contributed by atoms with Crippen molar-refractivity contribution >= 4 is 17.4 Å². The van der Waals surface area contributed by atoms with E-state index in [0.717, 1.165) is 11.1 Å². The van der Waals surface area contributed by atoms with Crippen LogP contribution in [-0.2, 0) is 4.79 Å². The largest absolute Gasteiger partial charge is 0.463 e. The van der Waals surface area contributed by atoms with Crippen molar-refractivity contribution in [2.24, 2.45) is 5.41 Å². The number of hydrogen-bond acceptors (Lipinski definition) is 3. The first-order valence-corrected chi connectivity index (χ1v) is 8.77. The minimum atomic E-state index is -0.751. The number of carbonyl (C=O) groups excluding carboxylic acids is 1. The lowest BCUT2D eigenvalue weighted by Crippen LogP contribution is -2.33. The van der Waals surface area contributed by atoms with Crippen molar-refractivity contribution in [2.75, 3.05) is 0 Å². The second kappa shape index (κ2) is 7.34. The number of imidazole rings is 1. The highest BCUT2D eigenvalue weighted by Crippen LogP contribution is 2.29. The molecule has 0 saturated heterocycles. The minimum absolute atomic E-state index is 0.0164. The lowest BCUT2D eigenvalue weighted by atomic mass is 9.89. The van der Waals surface area contributed by atoms with Crippen molar-refractivity contribution < 1.29 is 9.53 Å². The second-order valence-electron chi connectivity index (χ2n) is 7.13. The molecular formula is C21H21ClN2O2. The monoisotopic (exact) mass is 368 g/mol. The maximum Gasteiger partial charge on any atom is 0.236 e. The van der Waals surface area contributed by atoms with Crippen LogP contribution in [-0.4, -0.2) is 15.3 Å². The van der Waals surface area contributed by atoms with E-state index >= 15 is 0 Å². The molecule has 0 spiro atoms. The maximum atomic E-state index is 12.8. The van der Waals surface area contributed by atoms with Gasteiger partial charge in [-0.2, -0.15) is 0 Å². The van der Waals surface area contributed by atoms with Gasteiger partial charge >= 0.3 is 0 Å². The van der Waals surface area contributed by atoms with Gasteiger partial charge in [-0.05, 0) is 35.4 Å². The average Bonchev–Trinajstić information content (AvgIpc) is 3.14. The van der Waals surface area contributed by atoms with Crippen LogP contribution in [0.1, 0.15) is 27.0 Å². The predicted octanol–water partition coefficient (Wildman–Crippen LogP) is 5.40. The number of halogens is 1. The second-order valence-corrected chi connectivity index (χ2v) is 7.56. The molecule has 4 nitrogen and oxygen atoms in total. The molecule has 26 heavy (non-hydrogen) atoms. The van der Waals surface area contributed by atoms with Gasteiger partial charge in [0.2, 0.25) is 6.23 Å². The normalized spacial score (nSPS) is 12.6. The summed E-state index contributed by atoms with van der Waals surface area (Å²) in [6.07, 6.45) is 4.21. The molecule has 0 amide bonds. The zero-order chi connectivity index (χ0) is 18.7. The average molecular weight is 369 g/mol. The lowest BCUT2D eigenvalue weighted by molar-refractivity contribution is -0.137. The summed E-state index contributed by atoms with van der Waals surface area (Å²) in [7, 11) is 0. The quantitative estimate of drug-likeness (QED) is 0.605. The van der Waals surface area contributed by atoms with E-state index in [1.165, 1.54) is 0 Å². The van der Waals surface area contributed by atoms with Crippen molar-refractivity contribution in [1.82, 2.24) is 9.55 Å². The Labute approximate surface area is 158 Å². The Morgan fingerprint density at radius 3 is 2.12 bits per heavy atom. The summed E-state index contributed by atoms with van der Waals surface area (Å²) in [5.41, 5.74) is 1.59. The molecule has 5 heteroatoms. The Bertz CT molecular complexity index is 864. The number of ether oxygens (including phenoxy) is 1. The predicted molar refractivity (Wildman–Crippen MR) is 103 cm³/mol. The molecule has 0 bridgehead atoms. The molecule has 1 aromatic heterocycles. The van der Waals surface area contributed by atoms with Gasteiger partial charge < -0.3 is 4.74 Å². The van der Waals surface area contributed by atoms with Crippen LogP contribution in [0.3, 0.4) is 0 Å². The van der Waals surface area contributed by atoms with Crippen molar-refractivity contribution in [2.45, 2.75) is 27.0 Å². The van der Waals surface area contributed by atoms with Crippen molar-refractivity contribution in [3.63, 3.8) is 0 Å². The molecule has 3 aromatic rings. The number of aromatic nitrogens is 2. The fourth-order valence-electron chi connectivity index (χ4n) is 2.53. The zero-order valence-corrected chi connectivity index (χ0v) is 15.8. The first kappa shape index (κ1) is 18.2. The highest BCUT2D eigenvalue weighted by atomic mass is 35.5. The molecule has 134 valence electrons. The summed E-state index contributed by atoms with van der Waals surface area (Å²) >= 11 is 5.94. The molecule has 1 atom stereocenters. The highest BCUT2D eigenvalue weighted by molar-refractivity contribution is 6.30. The van der Waals surface area contributed by atoms with E-state index in [4.69, 9.17) is 16.3 Å². The van der Waals surface area contributed by atoms with Gasteiger partial charge in [0.25, 0.3) is 0 Å². The summed E-state index contributed by atoms with van der Waals surface area (Å²) in [5.74, 6) is 0.608. The van der Waals surface area contributed by atoms with Gasteiger partial charge in [0.1, 0.15) is 5.75 Å². The van der Waals surface area contributed by atoms with E-state index < -0.39 is 11.6 Å². The maximum absolute atomic E-state index is 12.8. The van der Waals surface area contributed by atoms with Gasteiger partial charge in [-0.3, -0.25) is 9.36 Å². The summed E-state index contributed by atoms with van der Waals surface area (Å²) < 4.78 is 7.69. The molecule has 3 rings (SSSR count). The Morgan fingerprint density at radius 2 is 1.62 bits per heavy atom. The van der Waals surface area contributed by atoms with Crippen LogP contribution in [0.5, 0.6) is 5.75 Å². The van der Waals surface area contributed by atoms with E-state index in [-0.39, 0.29) is 5.78 Å². The zero-order valence-electron chi connectivity index (χ0n) is 15.0. The van der Waals surface area contributed by atoms with E-state index in [0.29, 0.717) is 10.8 Å². The summed E-state index contributed by atoms with van der Waals surface area (Å²) in [4.78, 5) is 16.8. The first-order valence-electron chi connectivity index (χ1n) is 8.39. The topological polar surface area (TPSA) is 44.1 Å². The number of rotatable bonds is 5. The van der Waals surface area contributed by atoms with Crippen LogP contribution in [0.2, 0.25) is 5.02 Å². The molecule has 0 radical (unpaired) electrons. The summed E-state index contributed by atoms with van der Waals surface area (Å²) in [6, 6.07) is 15.3. The summed E-state index contributed by atoms with van der Waals surface area (Å²) in [5, 5.41) is 0.706. The van der Waals surface area contributed by atoms with Crippen molar-refractivity contribution in [3.8, 4) is 16.9 Å². The number of ketones is 1. The van der Waals surface area contributed by atoms with Gasteiger partial charge in [-0.1, -0.05) is 56.6 Å². The third-order valence-electron chi connectivity index (χ3n) is 4.04. The van der Waals surface area contributed by atoms with Crippen LogP contribution in [0.25, 0.3) is 11.1 Å². The van der Waals surface area contributed by atoms with E-state index in [9.17, 15) is 4.79 Å². The molecule has 1 unspecified atom stereocenters. The third kappa shape index (κ3) is 4.14. The number of carbonyl (C=O) groups is 1. The lowest BCUT2D eigenvalue weighted by Gasteiger charge is -2.26. The van der Waals surface area contributed by atoms with Crippen LogP contribution >= 0.6 is 11.6 Å². The Balaban J connectivity index is 1.83. The Morgan fingerprint density at radius 1 is 1.04 bits per heavy atom. The summed E-state index contributed by atoms with van der Waals surface area (Å²) in [6.45, 7) is 5.64. The molecule has 0 aliphatic rings. The van der Waals surface area contributed by atoms with Gasteiger partial charge in [0, 0.05) is 22.8 Å². The number of hydrogen-bond donors (Lipinski definition) is 0. The number of Topliss-reactive ketones (excluding diaryl/α,β-unsaturated/α-hetero) is 1. The fourth-order valence-corrected chi connectivity index (χ4v) is 2.65. The van der Waals surface area contributed by atoms with Gasteiger partial charge in [0.15, 0.2) is 5.78 Å². The van der Waals surface area contributed by atoms with Crippen molar-refractivity contribution in [1.29, 1.82) is 0 Å². The third-order valence-corrected chi connectivity index (χ3v) is 4.29. The molecule has 0 aliphatic carbocycles. The van der Waals surface area contributed by atoms with E-state index in [2.05, 4.69) is 4.98 Å². The molecular weight excluding hydrogens is 348 g/mol. The minimum Gasteiger partial charge on any atom is -0.463 e. The molecule has 0 fully saturated rings. The van der Waals surface area contributed by atoms with Crippen LogP contribution < -0.4 is 4.74 Å². The van der Waals surface area contributed by atoms with Crippen LogP contribution in [0.15, 0.2) is 67.3 Å². The smallest absolute Gasteiger partial charge is 0.236 e.